The van der Waals surface area contributed by atoms with Gasteiger partial charge in [-0.05, 0) is 42.0 Å². The zero-order valence-corrected chi connectivity index (χ0v) is 17.6. The molecule has 1 aliphatic heterocycles. The van der Waals surface area contributed by atoms with E-state index in [-0.39, 0.29) is 17.8 Å². The SMILES string of the molecule is O=C(Cc1ccc(Cl)cc1)N1CCC(Oc2ccc(-c3noc(C(F)(F)F)n3)cc2)CC1. The van der Waals surface area contributed by atoms with Crippen LogP contribution in [0.15, 0.2) is 53.1 Å². The minimum absolute atomic E-state index is 0.0533. The summed E-state index contributed by atoms with van der Waals surface area (Å²) in [6.07, 6.45) is -3.03. The Balaban J connectivity index is 1.28. The molecular formula is C22H19ClF3N3O3. The molecule has 2 aromatic carbocycles. The molecule has 0 atom stereocenters. The van der Waals surface area contributed by atoms with Crippen LogP contribution in [-0.4, -0.2) is 40.1 Å². The van der Waals surface area contributed by atoms with Crippen molar-refractivity contribution in [3.63, 3.8) is 0 Å². The second kappa shape index (κ2) is 9.20. The van der Waals surface area contributed by atoms with Crippen LogP contribution in [0.3, 0.4) is 0 Å². The number of piperidine rings is 1. The van der Waals surface area contributed by atoms with Gasteiger partial charge in [0.1, 0.15) is 11.9 Å². The molecular weight excluding hydrogens is 447 g/mol. The molecule has 10 heteroatoms. The van der Waals surface area contributed by atoms with Gasteiger partial charge in [0.15, 0.2) is 0 Å². The van der Waals surface area contributed by atoms with Crippen LogP contribution in [-0.2, 0) is 17.4 Å². The summed E-state index contributed by atoms with van der Waals surface area (Å²) in [5, 5.41) is 4.00. The van der Waals surface area contributed by atoms with Gasteiger partial charge in [-0.15, -0.1) is 0 Å². The van der Waals surface area contributed by atoms with Crippen LogP contribution in [0.25, 0.3) is 11.4 Å². The van der Waals surface area contributed by atoms with Crippen LogP contribution in [0.4, 0.5) is 13.2 Å². The highest BCUT2D eigenvalue weighted by Gasteiger charge is 2.38. The molecule has 0 saturated carbocycles. The number of ether oxygens (including phenoxy) is 1. The third kappa shape index (κ3) is 5.40. The van der Waals surface area contributed by atoms with Crippen LogP contribution in [0.5, 0.6) is 5.75 Å². The van der Waals surface area contributed by atoms with Crippen molar-refractivity contribution in [3.8, 4) is 17.1 Å². The molecule has 0 unspecified atom stereocenters. The molecule has 3 aromatic rings. The summed E-state index contributed by atoms with van der Waals surface area (Å²) in [4.78, 5) is 17.7. The second-order valence-electron chi connectivity index (χ2n) is 7.45. The fourth-order valence-corrected chi connectivity index (χ4v) is 3.57. The molecule has 4 rings (SSSR count). The number of alkyl halides is 3. The second-order valence-corrected chi connectivity index (χ2v) is 7.88. The highest BCUT2D eigenvalue weighted by molar-refractivity contribution is 6.30. The van der Waals surface area contributed by atoms with E-state index in [1.165, 1.54) is 0 Å². The molecule has 0 bridgehead atoms. The van der Waals surface area contributed by atoms with Crippen LogP contribution < -0.4 is 4.74 Å². The number of aromatic nitrogens is 2. The van der Waals surface area contributed by atoms with Gasteiger partial charge in [-0.3, -0.25) is 4.79 Å². The normalized spacial score (nSPS) is 15.1. The van der Waals surface area contributed by atoms with E-state index in [1.807, 2.05) is 17.0 Å². The monoisotopic (exact) mass is 465 g/mol. The predicted octanol–water partition coefficient (Wildman–Crippen LogP) is 5.02. The molecule has 1 aromatic heterocycles. The first-order valence-corrected chi connectivity index (χ1v) is 10.4. The molecule has 32 heavy (non-hydrogen) atoms. The lowest BCUT2D eigenvalue weighted by molar-refractivity contribution is -0.159. The molecule has 0 radical (unpaired) electrons. The van der Waals surface area contributed by atoms with Crippen molar-refractivity contribution in [3.05, 3.63) is 65.0 Å². The van der Waals surface area contributed by atoms with Crippen molar-refractivity contribution in [2.45, 2.75) is 31.5 Å². The number of hydrogen-bond donors (Lipinski definition) is 0. The third-order valence-electron chi connectivity index (χ3n) is 5.15. The van der Waals surface area contributed by atoms with Gasteiger partial charge < -0.3 is 14.2 Å². The number of rotatable bonds is 5. The van der Waals surface area contributed by atoms with Gasteiger partial charge in [0.25, 0.3) is 0 Å². The lowest BCUT2D eigenvalue weighted by Gasteiger charge is -2.32. The Kier molecular flexibility index (Phi) is 6.36. The average Bonchev–Trinajstić information content (AvgIpc) is 3.27. The number of hydrogen-bond acceptors (Lipinski definition) is 5. The Labute approximate surface area is 186 Å². The smallest absolute Gasteiger partial charge is 0.471 e. The van der Waals surface area contributed by atoms with Crippen LogP contribution >= 0.6 is 11.6 Å². The predicted molar refractivity (Wildman–Crippen MR) is 110 cm³/mol. The van der Waals surface area contributed by atoms with Crippen molar-refractivity contribution in [1.82, 2.24) is 15.0 Å². The Hall–Kier alpha value is -3.07. The van der Waals surface area contributed by atoms with E-state index in [0.717, 1.165) is 5.56 Å². The molecule has 0 N–H and O–H groups in total. The number of amides is 1. The van der Waals surface area contributed by atoms with Crippen molar-refractivity contribution in [1.29, 1.82) is 0 Å². The molecule has 2 heterocycles. The van der Waals surface area contributed by atoms with Gasteiger partial charge in [-0.25, -0.2) is 0 Å². The van der Waals surface area contributed by atoms with E-state index in [2.05, 4.69) is 14.7 Å². The minimum atomic E-state index is -4.68. The first-order chi connectivity index (χ1) is 15.3. The van der Waals surface area contributed by atoms with E-state index in [9.17, 15) is 18.0 Å². The van der Waals surface area contributed by atoms with Gasteiger partial charge in [0.05, 0.1) is 6.42 Å². The maximum atomic E-state index is 12.6. The zero-order chi connectivity index (χ0) is 22.7. The minimum Gasteiger partial charge on any atom is -0.490 e. The van der Waals surface area contributed by atoms with E-state index in [0.29, 0.717) is 48.7 Å². The third-order valence-corrected chi connectivity index (χ3v) is 5.40. The van der Waals surface area contributed by atoms with Gasteiger partial charge in [-0.2, -0.15) is 18.2 Å². The van der Waals surface area contributed by atoms with E-state index in [1.54, 1.807) is 36.4 Å². The fourth-order valence-electron chi connectivity index (χ4n) is 3.44. The largest absolute Gasteiger partial charge is 0.490 e. The first-order valence-electron chi connectivity index (χ1n) is 9.98. The van der Waals surface area contributed by atoms with Crippen molar-refractivity contribution < 1.29 is 27.2 Å². The fraction of sp³-hybridized carbons (Fsp3) is 0.318. The van der Waals surface area contributed by atoms with Crippen LogP contribution in [0.1, 0.15) is 24.3 Å². The van der Waals surface area contributed by atoms with Crippen molar-refractivity contribution in [2.24, 2.45) is 0 Å². The summed E-state index contributed by atoms with van der Waals surface area (Å²) >= 11 is 5.88. The average molecular weight is 466 g/mol. The quantitative estimate of drug-likeness (QED) is 0.529. The summed E-state index contributed by atoms with van der Waals surface area (Å²) in [6, 6.07) is 13.7. The van der Waals surface area contributed by atoms with E-state index in [4.69, 9.17) is 16.3 Å². The molecule has 168 valence electrons. The highest BCUT2D eigenvalue weighted by Crippen LogP contribution is 2.30. The lowest BCUT2D eigenvalue weighted by atomic mass is 10.1. The summed E-state index contributed by atoms with van der Waals surface area (Å²) in [6.45, 7) is 1.19. The number of halogens is 4. The topological polar surface area (TPSA) is 68.5 Å². The number of benzene rings is 2. The first kappa shape index (κ1) is 22.1. The standard InChI is InChI=1S/C22H19ClF3N3O3/c23-16-5-1-14(2-6-16)13-19(30)29-11-9-18(10-12-29)31-17-7-3-15(4-8-17)20-27-21(32-28-20)22(24,25)26/h1-8,18H,9-13H2. The lowest BCUT2D eigenvalue weighted by Crippen LogP contribution is -2.42. The molecule has 0 aliphatic carbocycles. The summed E-state index contributed by atoms with van der Waals surface area (Å²) < 4.78 is 48.0. The number of nitrogens with zero attached hydrogens (tertiary/aromatic N) is 3. The Bertz CT molecular complexity index is 1060. The number of carbonyl (C=O) groups excluding carboxylic acids is 1. The van der Waals surface area contributed by atoms with Gasteiger partial charge in [-0.1, -0.05) is 28.9 Å². The summed E-state index contributed by atoms with van der Waals surface area (Å²) in [5.41, 5.74) is 1.31. The van der Waals surface area contributed by atoms with Gasteiger partial charge >= 0.3 is 12.1 Å². The molecule has 1 saturated heterocycles. The molecule has 1 amide bonds. The molecule has 0 spiro atoms. The van der Waals surface area contributed by atoms with E-state index >= 15 is 0 Å². The van der Waals surface area contributed by atoms with Crippen LogP contribution in [0, 0.1) is 0 Å². The molecule has 6 nitrogen and oxygen atoms in total. The van der Waals surface area contributed by atoms with Gasteiger partial charge in [0.2, 0.25) is 11.7 Å². The van der Waals surface area contributed by atoms with Crippen molar-refractivity contribution in [2.75, 3.05) is 13.1 Å². The maximum absolute atomic E-state index is 12.6. The summed E-state index contributed by atoms with van der Waals surface area (Å²) in [5.74, 6) is -0.880. The number of carbonyl (C=O) groups is 1. The Morgan fingerprint density at radius 1 is 1.09 bits per heavy atom. The zero-order valence-electron chi connectivity index (χ0n) is 16.8. The Morgan fingerprint density at radius 3 is 2.34 bits per heavy atom. The summed E-state index contributed by atoms with van der Waals surface area (Å²) in [7, 11) is 0. The van der Waals surface area contributed by atoms with Crippen LogP contribution in [0.2, 0.25) is 5.02 Å². The van der Waals surface area contributed by atoms with Gasteiger partial charge in [0, 0.05) is 36.5 Å². The number of likely N-dealkylation sites (tertiary alicyclic amines) is 1. The molecule has 1 aliphatic rings. The Morgan fingerprint density at radius 2 is 1.75 bits per heavy atom. The molecule has 1 fully saturated rings. The van der Waals surface area contributed by atoms with E-state index < -0.39 is 12.1 Å². The highest BCUT2D eigenvalue weighted by atomic mass is 35.5. The van der Waals surface area contributed by atoms with Crippen molar-refractivity contribution >= 4 is 17.5 Å². The maximum Gasteiger partial charge on any atom is 0.471 e.